The number of rotatable bonds is 5. The zero-order valence-electron chi connectivity index (χ0n) is 19.4. The van der Waals surface area contributed by atoms with E-state index in [1.165, 1.54) is 11.0 Å². The monoisotopic (exact) mass is 480 g/mol. The summed E-state index contributed by atoms with van der Waals surface area (Å²) in [4.78, 5) is 27.4. The summed E-state index contributed by atoms with van der Waals surface area (Å²) in [5.41, 5.74) is -0.923. The number of benzene rings is 1. The van der Waals surface area contributed by atoms with Crippen LogP contribution in [-0.2, 0) is 27.0 Å². The number of nitrogens with zero attached hydrogens (tertiary/aromatic N) is 1. The van der Waals surface area contributed by atoms with Gasteiger partial charge in [-0.1, -0.05) is 19.9 Å². The van der Waals surface area contributed by atoms with E-state index in [0.717, 1.165) is 25.0 Å². The molecule has 0 saturated heterocycles. The average Bonchev–Trinajstić information content (AvgIpc) is 3.22. The van der Waals surface area contributed by atoms with Crippen LogP contribution in [0.3, 0.4) is 0 Å². The van der Waals surface area contributed by atoms with Crippen LogP contribution in [0.25, 0.3) is 0 Å². The summed E-state index contributed by atoms with van der Waals surface area (Å²) >= 11 is 0. The normalized spacial score (nSPS) is 29.1. The first kappa shape index (κ1) is 24.6. The molecule has 4 rings (SSSR count). The third-order valence-corrected chi connectivity index (χ3v) is 7.68. The molecule has 2 unspecified atom stereocenters. The number of ether oxygens (including phenoxy) is 1. The molecule has 1 amide bonds. The van der Waals surface area contributed by atoms with Gasteiger partial charge in [-0.25, -0.2) is 0 Å². The van der Waals surface area contributed by atoms with Crippen molar-refractivity contribution in [2.75, 3.05) is 13.2 Å². The summed E-state index contributed by atoms with van der Waals surface area (Å²) in [6.07, 6.45) is 2.03. The van der Waals surface area contributed by atoms with Crippen molar-refractivity contribution in [1.29, 1.82) is 0 Å². The topological polar surface area (TPSA) is 78.9 Å². The second kappa shape index (κ2) is 9.24. The number of amides is 1. The fraction of sp³-hybridized carbons (Fsp3) is 0.600. The first-order chi connectivity index (χ1) is 16.0. The Kier molecular flexibility index (Phi) is 6.68. The van der Waals surface area contributed by atoms with E-state index in [2.05, 4.69) is 5.32 Å². The van der Waals surface area contributed by atoms with E-state index >= 15 is 0 Å². The zero-order valence-corrected chi connectivity index (χ0v) is 19.4. The molecule has 3 aliphatic rings. The van der Waals surface area contributed by atoms with Crippen molar-refractivity contribution in [2.45, 2.75) is 70.3 Å². The molecule has 2 heterocycles. The Hall–Kier alpha value is -2.55. The number of carboxylic acids is 1. The lowest BCUT2D eigenvalue weighted by atomic mass is 9.73. The van der Waals surface area contributed by atoms with Crippen LogP contribution in [0.2, 0.25) is 0 Å². The van der Waals surface area contributed by atoms with Crippen molar-refractivity contribution in [3.05, 3.63) is 47.2 Å². The zero-order chi connectivity index (χ0) is 24.7. The Morgan fingerprint density at radius 1 is 1.26 bits per heavy atom. The fourth-order valence-corrected chi connectivity index (χ4v) is 5.66. The third kappa shape index (κ3) is 4.67. The standard InChI is InChI=1S/C25H31F3N2O4/c1-15(2)24(8-5-19(12-24)29-18-6-9-34-10-7-18)23(33)30-13-16-11-17(25(26,27)28)3-4-20(16)21(14-30)22(31)32/h3-4,6,9,11,15,18-19,21,29H,5,7-8,10,12-14H2,1-2H3,(H,31,32)/t18?,19-,21?,24+/m1/s1. The SMILES string of the molecule is CC(C)[C@]1(C(=O)N2Cc3cc(C(F)(F)F)ccc3C(C(=O)O)C2)CC[C@@H](NC2C=COCC2)C1. The van der Waals surface area contributed by atoms with Crippen molar-refractivity contribution in [3.63, 3.8) is 0 Å². The molecular formula is C25H31F3N2O4. The van der Waals surface area contributed by atoms with E-state index in [4.69, 9.17) is 4.74 Å². The van der Waals surface area contributed by atoms with Crippen LogP contribution in [0.1, 0.15) is 62.1 Å². The Bertz CT molecular complexity index is 977. The molecule has 1 aromatic rings. The number of alkyl halides is 3. The molecule has 1 aliphatic carbocycles. The Labute approximate surface area is 197 Å². The van der Waals surface area contributed by atoms with Gasteiger partial charge in [0.1, 0.15) is 0 Å². The molecule has 0 spiro atoms. The van der Waals surface area contributed by atoms with Gasteiger partial charge >= 0.3 is 12.1 Å². The largest absolute Gasteiger partial charge is 0.501 e. The molecule has 1 fully saturated rings. The smallest absolute Gasteiger partial charge is 0.416 e. The van der Waals surface area contributed by atoms with Crippen molar-refractivity contribution in [2.24, 2.45) is 11.3 Å². The quantitative estimate of drug-likeness (QED) is 0.657. The van der Waals surface area contributed by atoms with Crippen LogP contribution in [0.15, 0.2) is 30.5 Å². The van der Waals surface area contributed by atoms with Crippen molar-refractivity contribution >= 4 is 11.9 Å². The molecule has 1 aromatic carbocycles. The maximum atomic E-state index is 13.9. The van der Waals surface area contributed by atoms with Crippen molar-refractivity contribution in [1.82, 2.24) is 10.2 Å². The minimum atomic E-state index is -4.54. The van der Waals surface area contributed by atoms with Gasteiger partial charge in [-0.2, -0.15) is 13.2 Å². The summed E-state index contributed by atoms with van der Waals surface area (Å²) in [5.74, 6) is -2.36. The molecule has 186 valence electrons. The van der Waals surface area contributed by atoms with Crippen LogP contribution in [0.4, 0.5) is 13.2 Å². The molecular weight excluding hydrogens is 449 g/mol. The van der Waals surface area contributed by atoms with Crippen LogP contribution in [0, 0.1) is 11.3 Å². The number of halogens is 3. The van der Waals surface area contributed by atoms with Gasteiger partial charge in [-0.15, -0.1) is 0 Å². The number of fused-ring (bicyclic) bond motifs is 1. The summed E-state index contributed by atoms with van der Waals surface area (Å²) in [7, 11) is 0. The molecule has 0 aromatic heterocycles. The second-order valence-electron chi connectivity index (χ2n) is 10.00. The molecule has 2 N–H and O–H groups in total. The van der Waals surface area contributed by atoms with E-state index in [1.54, 1.807) is 6.26 Å². The summed E-state index contributed by atoms with van der Waals surface area (Å²) in [6, 6.07) is 3.45. The van der Waals surface area contributed by atoms with E-state index < -0.39 is 29.0 Å². The molecule has 0 radical (unpaired) electrons. The van der Waals surface area contributed by atoms with E-state index in [-0.39, 0.29) is 42.6 Å². The maximum Gasteiger partial charge on any atom is 0.416 e. The Morgan fingerprint density at radius 3 is 2.65 bits per heavy atom. The minimum Gasteiger partial charge on any atom is -0.501 e. The molecule has 6 nitrogen and oxygen atoms in total. The summed E-state index contributed by atoms with van der Waals surface area (Å²) < 4.78 is 45.2. The summed E-state index contributed by atoms with van der Waals surface area (Å²) in [5, 5.41) is 13.4. The lowest BCUT2D eigenvalue weighted by molar-refractivity contribution is -0.148. The number of carbonyl (C=O) groups excluding carboxylic acids is 1. The number of aliphatic carboxylic acids is 1. The van der Waals surface area contributed by atoms with Gasteiger partial charge in [0.2, 0.25) is 5.91 Å². The van der Waals surface area contributed by atoms with Gasteiger partial charge in [-0.05, 0) is 54.5 Å². The molecule has 9 heteroatoms. The second-order valence-corrected chi connectivity index (χ2v) is 10.00. The first-order valence-electron chi connectivity index (χ1n) is 11.8. The highest BCUT2D eigenvalue weighted by atomic mass is 19.4. The van der Waals surface area contributed by atoms with Crippen molar-refractivity contribution in [3.8, 4) is 0 Å². The van der Waals surface area contributed by atoms with Crippen molar-refractivity contribution < 1.29 is 32.6 Å². The maximum absolute atomic E-state index is 13.9. The van der Waals surface area contributed by atoms with Gasteiger partial charge in [0.05, 0.1) is 29.8 Å². The van der Waals surface area contributed by atoms with Crippen LogP contribution >= 0.6 is 0 Å². The minimum absolute atomic E-state index is 0.00298. The summed E-state index contributed by atoms with van der Waals surface area (Å²) in [6.45, 7) is 4.56. The average molecular weight is 481 g/mol. The predicted molar refractivity (Wildman–Crippen MR) is 119 cm³/mol. The first-order valence-corrected chi connectivity index (χ1v) is 11.8. The molecule has 1 saturated carbocycles. The number of carboxylic acid groups (broad SMARTS) is 1. The van der Waals surface area contributed by atoms with E-state index in [0.29, 0.717) is 25.0 Å². The molecule has 0 bridgehead atoms. The van der Waals surface area contributed by atoms with Gasteiger partial charge in [0, 0.05) is 31.6 Å². The van der Waals surface area contributed by atoms with Gasteiger partial charge in [-0.3, -0.25) is 9.59 Å². The molecule has 34 heavy (non-hydrogen) atoms. The third-order valence-electron chi connectivity index (χ3n) is 7.68. The molecule has 4 atom stereocenters. The number of hydrogen-bond acceptors (Lipinski definition) is 4. The number of hydrogen-bond donors (Lipinski definition) is 2. The Balaban J connectivity index is 1.58. The Morgan fingerprint density at radius 2 is 2.03 bits per heavy atom. The van der Waals surface area contributed by atoms with Crippen LogP contribution in [0.5, 0.6) is 0 Å². The highest BCUT2D eigenvalue weighted by Gasteiger charge is 2.50. The fourth-order valence-electron chi connectivity index (χ4n) is 5.66. The van der Waals surface area contributed by atoms with Gasteiger partial charge in [0.25, 0.3) is 0 Å². The number of nitrogens with one attached hydrogen (secondary N) is 1. The van der Waals surface area contributed by atoms with Gasteiger partial charge in [0.15, 0.2) is 0 Å². The lowest BCUT2D eigenvalue weighted by Gasteiger charge is -2.41. The predicted octanol–water partition coefficient (Wildman–Crippen LogP) is 4.30. The van der Waals surface area contributed by atoms with Crippen LogP contribution in [-0.4, -0.2) is 47.1 Å². The van der Waals surface area contributed by atoms with Gasteiger partial charge < -0.3 is 20.1 Å². The molecule has 2 aliphatic heterocycles. The highest BCUT2D eigenvalue weighted by molar-refractivity contribution is 5.86. The van der Waals surface area contributed by atoms with E-state index in [1.807, 2.05) is 19.9 Å². The lowest BCUT2D eigenvalue weighted by Crippen LogP contribution is -2.50. The number of carbonyl (C=O) groups is 2. The highest BCUT2D eigenvalue weighted by Crippen LogP contribution is 2.47. The van der Waals surface area contributed by atoms with E-state index in [9.17, 15) is 27.9 Å². The van der Waals surface area contributed by atoms with Crippen LogP contribution < -0.4 is 5.32 Å².